The van der Waals surface area contributed by atoms with E-state index in [1.54, 1.807) is 6.20 Å². The second-order valence-corrected chi connectivity index (χ2v) is 10.6. The summed E-state index contributed by atoms with van der Waals surface area (Å²) < 4.78 is 0. The molecule has 0 radical (unpaired) electrons. The van der Waals surface area contributed by atoms with Gasteiger partial charge in [-0.1, -0.05) is 57.2 Å². The van der Waals surface area contributed by atoms with Gasteiger partial charge in [-0.3, -0.25) is 9.89 Å². The number of amides is 1. The fourth-order valence-electron chi connectivity index (χ4n) is 4.70. The Morgan fingerprint density at radius 2 is 1.81 bits per heavy atom. The van der Waals surface area contributed by atoms with Crippen LogP contribution in [0.15, 0.2) is 60.8 Å². The first-order chi connectivity index (χ1) is 17.3. The van der Waals surface area contributed by atoms with Gasteiger partial charge in [0.25, 0.3) is 5.91 Å². The van der Waals surface area contributed by atoms with E-state index in [1.807, 2.05) is 37.3 Å². The molecule has 5 rings (SSSR count). The zero-order valence-electron chi connectivity index (χ0n) is 21.4. The molecular formula is C29H34N6O. The van der Waals surface area contributed by atoms with E-state index in [4.69, 9.17) is 0 Å². The third-order valence-electron chi connectivity index (χ3n) is 6.94. The molecule has 1 aliphatic heterocycles. The smallest absolute Gasteiger partial charge is 0.251 e. The van der Waals surface area contributed by atoms with Gasteiger partial charge in [-0.05, 0) is 65.8 Å². The van der Waals surface area contributed by atoms with Crippen LogP contribution in [-0.2, 0) is 5.41 Å². The number of anilines is 1. The van der Waals surface area contributed by atoms with E-state index in [-0.39, 0.29) is 17.4 Å². The lowest BCUT2D eigenvalue weighted by atomic mass is 9.86. The Kier molecular flexibility index (Phi) is 6.49. The number of benzene rings is 2. The highest BCUT2D eigenvalue weighted by molar-refractivity contribution is 6.00. The molecule has 1 saturated heterocycles. The topological polar surface area (TPSA) is 94.7 Å². The van der Waals surface area contributed by atoms with E-state index >= 15 is 0 Å². The Bertz CT molecular complexity index is 1350. The maximum atomic E-state index is 12.8. The van der Waals surface area contributed by atoms with Crippen LogP contribution in [-0.4, -0.2) is 40.2 Å². The molecule has 2 aromatic heterocycles. The molecule has 1 fully saturated rings. The number of pyridine rings is 1. The number of H-pyrrole nitrogens is 1. The number of carbonyl (C=O) groups is 1. The normalized spacial score (nSPS) is 16.7. The maximum Gasteiger partial charge on any atom is 0.251 e. The maximum absolute atomic E-state index is 12.8. The molecule has 186 valence electrons. The largest absolute Gasteiger partial charge is 0.364 e. The summed E-state index contributed by atoms with van der Waals surface area (Å²) in [6, 6.07) is 18.5. The summed E-state index contributed by atoms with van der Waals surface area (Å²) in [6.45, 7) is 10.5. The first-order valence-corrected chi connectivity index (χ1v) is 12.6. The minimum atomic E-state index is -0.118. The van der Waals surface area contributed by atoms with Crippen molar-refractivity contribution in [2.75, 3.05) is 18.4 Å². The second kappa shape index (κ2) is 9.74. The average Bonchev–Trinajstić information content (AvgIpc) is 3.54. The van der Waals surface area contributed by atoms with Crippen LogP contribution in [0.4, 0.5) is 5.82 Å². The van der Waals surface area contributed by atoms with E-state index in [1.165, 1.54) is 5.56 Å². The number of hydrogen-bond donors (Lipinski definition) is 4. The Hall–Kier alpha value is -3.71. The summed E-state index contributed by atoms with van der Waals surface area (Å²) in [5.74, 6) is 0.766. The van der Waals surface area contributed by atoms with Gasteiger partial charge in [-0.2, -0.15) is 5.10 Å². The first kappa shape index (κ1) is 24.0. The Labute approximate surface area is 212 Å². The van der Waals surface area contributed by atoms with Gasteiger partial charge in [0.15, 0.2) is 11.5 Å². The fourth-order valence-corrected chi connectivity index (χ4v) is 4.70. The van der Waals surface area contributed by atoms with Gasteiger partial charge in [0.1, 0.15) is 0 Å². The number of nitrogens with one attached hydrogen (secondary N) is 4. The van der Waals surface area contributed by atoms with Gasteiger partial charge in [0, 0.05) is 24.3 Å². The summed E-state index contributed by atoms with van der Waals surface area (Å²) in [6.07, 6.45) is 2.88. The molecule has 4 N–H and O–H groups in total. The number of aromatic amines is 1. The molecule has 4 aromatic rings. The van der Waals surface area contributed by atoms with Crippen molar-refractivity contribution >= 4 is 22.8 Å². The SMILES string of the molecule is C[C@H](NC(=O)c1ccc(C(C)(C)C)cc1)c1ccc(-c2ccnc3[nH]nc(N[C@@H]4CCNC4)c23)cc1. The highest BCUT2D eigenvalue weighted by Crippen LogP contribution is 2.33. The molecule has 1 amide bonds. The standard InChI is InChI=1S/C29H34N6O/c1-18(32-28(36)21-9-11-22(12-10-21)29(2,3)4)19-5-7-20(8-6-19)24-14-16-31-26-25(24)27(35-34-26)33-23-13-15-30-17-23/h5-12,14,16,18,23,30H,13,15,17H2,1-4H3,(H,32,36)(H2,31,33,34,35)/t18-,23+/m0/s1. The zero-order valence-corrected chi connectivity index (χ0v) is 21.4. The molecule has 2 aromatic carbocycles. The molecule has 0 bridgehead atoms. The van der Waals surface area contributed by atoms with Crippen LogP contribution in [0.25, 0.3) is 22.2 Å². The molecule has 0 saturated carbocycles. The summed E-state index contributed by atoms with van der Waals surface area (Å²) in [4.78, 5) is 17.3. The predicted octanol–water partition coefficient (Wildman–Crippen LogP) is 5.19. The number of aromatic nitrogens is 3. The second-order valence-electron chi connectivity index (χ2n) is 10.6. The van der Waals surface area contributed by atoms with Gasteiger partial charge >= 0.3 is 0 Å². The number of rotatable bonds is 6. The highest BCUT2D eigenvalue weighted by atomic mass is 16.1. The van der Waals surface area contributed by atoms with Crippen LogP contribution < -0.4 is 16.0 Å². The van der Waals surface area contributed by atoms with Gasteiger partial charge in [-0.15, -0.1) is 0 Å². The molecule has 7 heteroatoms. The van der Waals surface area contributed by atoms with Gasteiger partial charge in [0.05, 0.1) is 11.4 Å². The van der Waals surface area contributed by atoms with E-state index < -0.39 is 0 Å². The number of carbonyl (C=O) groups excluding carboxylic acids is 1. The van der Waals surface area contributed by atoms with Crippen molar-refractivity contribution in [3.63, 3.8) is 0 Å². The Morgan fingerprint density at radius 1 is 1.06 bits per heavy atom. The molecule has 36 heavy (non-hydrogen) atoms. The van der Waals surface area contributed by atoms with Crippen LogP contribution in [0, 0.1) is 0 Å². The highest BCUT2D eigenvalue weighted by Gasteiger charge is 2.20. The van der Waals surface area contributed by atoms with Gasteiger partial charge in [0.2, 0.25) is 0 Å². The van der Waals surface area contributed by atoms with Crippen molar-refractivity contribution < 1.29 is 4.79 Å². The van der Waals surface area contributed by atoms with Crippen LogP contribution in [0.3, 0.4) is 0 Å². The quantitative estimate of drug-likeness (QED) is 0.304. The van der Waals surface area contributed by atoms with E-state index in [9.17, 15) is 4.79 Å². The van der Waals surface area contributed by atoms with Crippen molar-refractivity contribution in [2.45, 2.75) is 51.6 Å². The minimum absolute atomic E-state index is 0.0609. The van der Waals surface area contributed by atoms with E-state index in [0.29, 0.717) is 11.6 Å². The van der Waals surface area contributed by atoms with Crippen molar-refractivity contribution in [1.82, 2.24) is 25.8 Å². The Balaban J connectivity index is 1.32. The first-order valence-electron chi connectivity index (χ1n) is 12.6. The Morgan fingerprint density at radius 3 is 2.47 bits per heavy atom. The van der Waals surface area contributed by atoms with Crippen LogP contribution in [0.2, 0.25) is 0 Å². The summed E-state index contributed by atoms with van der Waals surface area (Å²) in [5, 5.41) is 18.6. The molecule has 0 aliphatic carbocycles. The molecular weight excluding hydrogens is 448 g/mol. The zero-order chi connectivity index (χ0) is 25.3. The van der Waals surface area contributed by atoms with Crippen molar-refractivity contribution in [3.8, 4) is 11.1 Å². The van der Waals surface area contributed by atoms with Crippen LogP contribution in [0.5, 0.6) is 0 Å². The van der Waals surface area contributed by atoms with Crippen LogP contribution in [0.1, 0.15) is 61.6 Å². The van der Waals surface area contributed by atoms with E-state index in [2.05, 4.69) is 76.2 Å². The van der Waals surface area contributed by atoms with Gasteiger partial charge in [-0.25, -0.2) is 4.98 Å². The molecule has 2 atom stereocenters. The predicted molar refractivity (Wildman–Crippen MR) is 145 cm³/mol. The lowest BCUT2D eigenvalue weighted by Gasteiger charge is -2.19. The number of fused-ring (bicyclic) bond motifs is 1. The van der Waals surface area contributed by atoms with Crippen molar-refractivity contribution in [1.29, 1.82) is 0 Å². The summed E-state index contributed by atoms with van der Waals surface area (Å²) in [7, 11) is 0. The summed E-state index contributed by atoms with van der Waals surface area (Å²) >= 11 is 0. The molecule has 1 aliphatic rings. The number of hydrogen-bond acceptors (Lipinski definition) is 5. The summed E-state index contributed by atoms with van der Waals surface area (Å²) in [5.41, 5.74) is 5.91. The molecule has 0 unspecified atom stereocenters. The number of nitrogens with zero attached hydrogens (tertiary/aromatic N) is 2. The van der Waals surface area contributed by atoms with E-state index in [0.717, 1.165) is 53.1 Å². The minimum Gasteiger partial charge on any atom is -0.364 e. The lowest BCUT2D eigenvalue weighted by Crippen LogP contribution is -2.26. The monoisotopic (exact) mass is 482 g/mol. The van der Waals surface area contributed by atoms with Crippen molar-refractivity contribution in [2.24, 2.45) is 0 Å². The molecule has 7 nitrogen and oxygen atoms in total. The van der Waals surface area contributed by atoms with Crippen LogP contribution >= 0.6 is 0 Å². The third-order valence-corrected chi connectivity index (χ3v) is 6.94. The third kappa shape index (κ3) is 4.97. The molecule has 0 spiro atoms. The fraction of sp³-hybridized carbons (Fsp3) is 0.345. The average molecular weight is 483 g/mol. The lowest BCUT2D eigenvalue weighted by molar-refractivity contribution is 0.0940. The van der Waals surface area contributed by atoms with Crippen molar-refractivity contribution in [3.05, 3.63) is 77.5 Å². The molecule has 3 heterocycles. The van der Waals surface area contributed by atoms with Gasteiger partial charge < -0.3 is 16.0 Å².